The molecule has 0 aliphatic heterocycles. The van der Waals surface area contributed by atoms with Gasteiger partial charge in [0, 0.05) is 6.42 Å². The molecule has 11 nitrogen and oxygen atoms in total. The van der Waals surface area contributed by atoms with Crippen LogP contribution in [0.5, 0.6) is 0 Å². The molecule has 0 bridgehead atoms. The largest absolute Gasteiger partial charge is 0.466 e. The van der Waals surface area contributed by atoms with Gasteiger partial charge in [-0.1, -0.05) is 154 Å². The van der Waals surface area contributed by atoms with Crippen molar-refractivity contribution in [2.24, 2.45) is 0 Å². The zero-order valence-electron chi connectivity index (χ0n) is 36.8. The van der Waals surface area contributed by atoms with Crippen molar-refractivity contribution in [3.05, 3.63) is 24.3 Å². The van der Waals surface area contributed by atoms with E-state index >= 15 is 0 Å². The molecular weight excluding hydrogens is 739 g/mol. The van der Waals surface area contributed by atoms with Gasteiger partial charge >= 0.3 is 11.9 Å². The minimum absolute atomic E-state index is 0.124. The average Bonchev–Trinajstić information content (AvgIpc) is 3.23. The van der Waals surface area contributed by atoms with E-state index in [2.05, 4.69) is 43.5 Å². The fraction of sp³-hybridized carbons (Fsp3) is 0.851. The van der Waals surface area contributed by atoms with Gasteiger partial charge in [0.15, 0.2) is 6.10 Å². The highest BCUT2D eigenvalue weighted by Crippen LogP contribution is 2.13. The van der Waals surface area contributed by atoms with Crippen LogP contribution in [0.3, 0.4) is 0 Å². The molecule has 0 saturated heterocycles. The van der Waals surface area contributed by atoms with E-state index in [4.69, 9.17) is 14.6 Å². The van der Waals surface area contributed by atoms with Crippen LogP contribution in [-0.4, -0.2) is 93.7 Å². The zero-order valence-corrected chi connectivity index (χ0v) is 36.8. The minimum atomic E-state index is -2.22. The molecule has 0 aliphatic carbocycles. The third-order valence-corrected chi connectivity index (χ3v) is 10.6. The normalized spacial score (nSPS) is 14.4. The van der Waals surface area contributed by atoms with Gasteiger partial charge in [0.25, 0.3) is 5.91 Å². The van der Waals surface area contributed by atoms with E-state index in [9.17, 15) is 34.8 Å². The molecule has 0 aliphatic rings. The van der Waals surface area contributed by atoms with Crippen molar-refractivity contribution >= 4 is 17.8 Å². The quantitative estimate of drug-likeness (QED) is 0.0198. The Bertz CT molecular complexity index is 1020. The van der Waals surface area contributed by atoms with E-state index in [1.54, 1.807) is 0 Å². The summed E-state index contributed by atoms with van der Waals surface area (Å²) in [6, 6.07) is -1.32. The van der Waals surface area contributed by atoms with Crippen molar-refractivity contribution in [1.29, 1.82) is 0 Å². The minimum Gasteiger partial charge on any atom is -0.466 e. The van der Waals surface area contributed by atoms with Gasteiger partial charge in [-0.3, -0.25) is 9.59 Å². The number of aliphatic hydroxyl groups is 5. The van der Waals surface area contributed by atoms with Crippen molar-refractivity contribution in [1.82, 2.24) is 5.32 Å². The number of esters is 2. The van der Waals surface area contributed by atoms with Crippen molar-refractivity contribution in [2.45, 2.75) is 237 Å². The summed E-state index contributed by atoms with van der Waals surface area (Å²) in [4.78, 5) is 38.2. The third-order valence-electron chi connectivity index (χ3n) is 10.6. The molecule has 58 heavy (non-hydrogen) atoms. The fourth-order valence-corrected chi connectivity index (χ4v) is 6.68. The first-order valence-corrected chi connectivity index (χ1v) is 23.4. The van der Waals surface area contributed by atoms with E-state index in [0.29, 0.717) is 6.42 Å². The lowest BCUT2D eigenvalue weighted by Gasteiger charge is -2.26. The topological polar surface area (TPSA) is 183 Å². The van der Waals surface area contributed by atoms with Crippen LogP contribution < -0.4 is 5.32 Å². The van der Waals surface area contributed by atoms with Gasteiger partial charge < -0.3 is 40.3 Å². The standard InChI is InChI=1S/C47H87NO10/c1-3-5-7-9-11-13-15-17-19-21-23-25-27-29-31-33-37-57-42(51)36-35-40(48-46(55)45(54)44(53)43(52)41(50)39-49)47(56)58-38-34-32-30-28-26-24-22-20-18-16-14-12-10-8-6-4-2/h17-20,40-41,43-45,49-50,52-54H,3-16,21-39H2,1-2H3,(H,48,55)/b19-17-,20-18-/t40-,41-,43+,44-,45+/m0/s1. The number of rotatable bonds is 42. The lowest BCUT2D eigenvalue weighted by Crippen LogP contribution is -2.54. The SMILES string of the molecule is CCCCCCCC/C=C\CCCCCCCCOC(=O)CC[C@H](NC(=O)[C@H](O)[C@@H](O)[C@H](O)[C@@H](O)CO)C(=O)OCCCCCCCC/C=C\CCCCCCCC. The second-order valence-electron chi connectivity index (χ2n) is 16.0. The van der Waals surface area contributed by atoms with E-state index in [1.807, 2.05) is 0 Å². The number of allylic oxidation sites excluding steroid dienone is 4. The summed E-state index contributed by atoms with van der Waals surface area (Å²) < 4.78 is 10.8. The summed E-state index contributed by atoms with van der Waals surface area (Å²) >= 11 is 0. The summed E-state index contributed by atoms with van der Waals surface area (Å²) in [6.07, 6.45) is 33.3. The van der Waals surface area contributed by atoms with Gasteiger partial charge in [0.1, 0.15) is 24.4 Å². The Hall–Kier alpha value is -2.31. The lowest BCUT2D eigenvalue weighted by atomic mass is 10.0. The Labute approximate surface area is 352 Å². The zero-order chi connectivity index (χ0) is 42.9. The van der Waals surface area contributed by atoms with Crippen molar-refractivity contribution in [3.63, 3.8) is 0 Å². The second-order valence-corrected chi connectivity index (χ2v) is 16.0. The van der Waals surface area contributed by atoms with Gasteiger partial charge in [-0.2, -0.15) is 0 Å². The van der Waals surface area contributed by atoms with Crippen molar-refractivity contribution < 1.29 is 49.4 Å². The highest BCUT2D eigenvalue weighted by Gasteiger charge is 2.36. The lowest BCUT2D eigenvalue weighted by molar-refractivity contribution is -0.155. The predicted octanol–water partition coefficient (Wildman–Crippen LogP) is 8.85. The van der Waals surface area contributed by atoms with Crippen LogP contribution in [0.15, 0.2) is 24.3 Å². The Balaban J connectivity index is 4.46. The molecule has 0 aromatic heterocycles. The van der Waals surface area contributed by atoms with Gasteiger partial charge in [-0.15, -0.1) is 0 Å². The predicted molar refractivity (Wildman–Crippen MR) is 233 cm³/mol. The van der Waals surface area contributed by atoms with Crippen LogP contribution in [-0.2, 0) is 23.9 Å². The number of ether oxygens (including phenoxy) is 2. The number of carbonyl (C=O) groups is 3. The number of carbonyl (C=O) groups excluding carboxylic acids is 3. The summed E-state index contributed by atoms with van der Waals surface area (Å²) in [5, 5.41) is 51.3. The first-order chi connectivity index (χ1) is 28.2. The van der Waals surface area contributed by atoms with E-state index in [0.717, 1.165) is 77.0 Å². The maximum absolute atomic E-state index is 13.0. The van der Waals surface area contributed by atoms with Gasteiger partial charge in [0.05, 0.1) is 19.8 Å². The number of nitrogens with one attached hydrogen (secondary N) is 1. The molecule has 0 saturated carbocycles. The number of amides is 1. The smallest absolute Gasteiger partial charge is 0.328 e. The van der Waals surface area contributed by atoms with Gasteiger partial charge in [-0.05, 0) is 70.6 Å². The fourth-order valence-electron chi connectivity index (χ4n) is 6.68. The summed E-state index contributed by atoms with van der Waals surface area (Å²) in [5.74, 6) is -2.52. The number of aliphatic hydroxyl groups excluding tert-OH is 5. The molecule has 0 aromatic carbocycles. The molecule has 0 aromatic rings. The maximum atomic E-state index is 13.0. The molecule has 0 spiro atoms. The molecular formula is C47H87NO10. The van der Waals surface area contributed by atoms with Gasteiger partial charge in [0.2, 0.25) is 0 Å². The molecule has 340 valence electrons. The Morgan fingerprint density at radius 3 is 1.31 bits per heavy atom. The Morgan fingerprint density at radius 2 is 0.897 bits per heavy atom. The summed E-state index contributed by atoms with van der Waals surface area (Å²) in [7, 11) is 0. The van der Waals surface area contributed by atoms with Gasteiger partial charge in [-0.25, -0.2) is 4.79 Å². The van der Waals surface area contributed by atoms with Crippen LogP contribution in [0.25, 0.3) is 0 Å². The van der Waals surface area contributed by atoms with E-state index in [-0.39, 0.29) is 26.1 Å². The molecule has 0 fully saturated rings. The van der Waals surface area contributed by atoms with Crippen LogP contribution in [0.2, 0.25) is 0 Å². The number of hydrogen-bond acceptors (Lipinski definition) is 10. The second kappa shape index (κ2) is 41.4. The van der Waals surface area contributed by atoms with Crippen molar-refractivity contribution in [3.8, 4) is 0 Å². The van der Waals surface area contributed by atoms with Crippen LogP contribution in [0.4, 0.5) is 0 Å². The maximum Gasteiger partial charge on any atom is 0.328 e. The van der Waals surface area contributed by atoms with Crippen molar-refractivity contribution in [2.75, 3.05) is 19.8 Å². The molecule has 11 heteroatoms. The summed E-state index contributed by atoms with van der Waals surface area (Å²) in [5.41, 5.74) is 0. The molecule has 0 unspecified atom stereocenters. The Morgan fingerprint density at radius 1 is 0.517 bits per heavy atom. The average molecular weight is 826 g/mol. The molecule has 0 rings (SSSR count). The molecule has 0 heterocycles. The number of unbranched alkanes of at least 4 members (excludes halogenated alkanes) is 24. The molecule has 1 amide bonds. The molecule has 0 radical (unpaired) electrons. The molecule has 6 N–H and O–H groups in total. The summed E-state index contributed by atoms with van der Waals surface area (Å²) in [6.45, 7) is 3.96. The van der Waals surface area contributed by atoms with Crippen LogP contribution in [0, 0.1) is 0 Å². The van der Waals surface area contributed by atoms with Crippen LogP contribution in [0.1, 0.15) is 206 Å². The first kappa shape index (κ1) is 55.7. The monoisotopic (exact) mass is 826 g/mol. The number of hydrogen-bond donors (Lipinski definition) is 6. The van der Waals surface area contributed by atoms with E-state index < -0.39 is 54.9 Å². The van der Waals surface area contributed by atoms with Crippen LogP contribution >= 0.6 is 0 Å². The highest BCUT2D eigenvalue weighted by atomic mass is 16.5. The highest BCUT2D eigenvalue weighted by molar-refractivity contribution is 5.87. The van der Waals surface area contributed by atoms with E-state index in [1.165, 1.54) is 96.3 Å². The molecule has 5 atom stereocenters. The Kier molecular flexibility index (Phi) is 39.8. The first-order valence-electron chi connectivity index (χ1n) is 23.4. The third kappa shape index (κ3) is 33.5.